The second-order valence-corrected chi connectivity index (χ2v) is 6.75. The summed E-state index contributed by atoms with van der Waals surface area (Å²) in [5, 5.41) is 3.41. The van der Waals surface area contributed by atoms with Gasteiger partial charge in [0, 0.05) is 6.04 Å². The van der Waals surface area contributed by atoms with Crippen LogP contribution in [0, 0.1) is 5.41 Å². The first-order valence-electron chi connectivity index (χ1n) is 8.11. The lowest BCUT2D eigenvalue weighted by molar-refractivity contribution is 0.0533. The molecule has 0 aromatic heterocycles. The van der Waals surface area contributed by atoms with E-state index in [0.29, 0.717) is 11.5 Å². The van der Waals surface area contributed by atoms with E-state index in [1.54, 1.807) is 0 Å². The highest BCUT2D eigenvalue weighted by atomic mass is 16.5. The minimum absolute atomic E-state index is 0.199. The monoisotopic (exact) mass is 291 g/mol. The van der Waals surface area contributed by atoms with Crippen molar-refractivity contribution in [3.8, 4) is 11.5 Å². The Labute approximate surface area is 129 Å². The number of likely N-dealkylation sites (N-methyl/N-ethyl adjacent to an activating group) is 1. The largest absolute Gasteiger partial charge is 0.490 e. The van der Waals surface area contributed by atoms with Crippen LogP contribution in [0.5, 0.6) is 11.5 Å². The van der Waals surface area contributed by atoms with E-state index in [4.69, 9.17) is 9.47 Å². The minimum atomic E-state index is 0.199. The Kier molecular flexibility index (Phi) is 5.51. The fourth-order valence-electron chi connectivity index (χ4n) is 3.02. The molecule has 1 aromatic rings. The van der Waals surface area contributed by atoms with E-state index in [1.165, 1.54) is 6.42 Å². The van der Waals surface area contributed by atoms with E-state index < -0.39 is 0 Å². The van der Waals surface area contributed by atoms with Gasteiger partial charge in [0.05, 0.1) is 6.61 Å². The molecule has 2 rings (SSSR count). The van der Waals surface area contributed by atoms with Gasteiger partial charge in [0.15, 0.2) is 11.5 Å². The van der Waals surface area contributed by atoms with Crippen LogP contribution >= 0.6 is 0 Å². The van der Waals surface area contributed by atoms with E-state index in [9.17, 15) is 0 Å². The van der Waals surface area contributed by atoms with Gasteiger partial charge in [0.25, 0.3) is 0 Å². The highest BCUT2D eigenvalue weighted by molar-refractivity contribution is 5.39. The SMILES string of the molecule is CCCOc1ccccc1OC1CC(C)(C)CCC1NC. The van der Waals surface area contributed by atoms with Crippen molar-refractivity contribution in [1.29, 1.82) is 0 Å². The van der Waals surface area contributed by atoms with Crippen molar-refractivity contribution >= 4 is 0 Å². The molecule has 0 radical (unpaired) electrons. The number of benzene rings is 1. The van der Waals surface area contributed by atoms with Crippen LogP contribution in [0.1, 0.15) is 46.5 Å². The Morgan fingerprint density at radius 2 is 1.95 bits per heavy atom. The molecule has 0 spiro atoms. The van der Waals surface area contributed by atoms with Gasteiger partial charge in [0.2, 0.25) is 0 Å². The van der Waals surface area contributed by atoms with Crippen molar-refractivity contribution in [2.24, 2.45) is 5.41 Å². The summed E-state index contributed by atoms with van der Waals surface area (Å²) in [6, 6.07) is 8.43. The van der Waals surface area contributed by atoms with Crippen molar-refractivity contribution in [2.75, 3.05) is 13.7 Å². The lowest BCUT2D eigenvalue weighted by atomic mass is 9.74. The number of nitrogens with one attached hydrogen (secondary N) is 1. The van der Waals surface area contributed by atoms with Gasteiger partial charge in [0.1, 0.15) is 6.10 Å². The minimum Gasteiger partial charge on any atom is -0.490 e. The normalized spacial score (nSPS) is 24.6. The van der Waals surface area contributed by atoms with Crippen LogP contribution in [0.4, 0.5) is 0 Å². The summed E-state index contributed by atoms with van der Waals surface area (Å²) in [5.74, 6) is 1.73. The van der Waals surface area contributed by atoms with Crippen LogP contribution in [0.25, 0.3) is 0 Å². The van der Waals surface area contributed by atoms with E-state index in [0.717, 1.165) is 37.4 Å². The standard InChI is InChI=1S/C18H29NO2/c1-5-12-20-15-8-6-7-9-16(15)21-17-13-18(2,3)11-10-14(17)19-4/h6-9,14,17,19H,5,10-13H2,1-4H3. The van der Waals surface area contributed by atoms with Gasteiger partial charge in [-0.25, -0.2) is 0 Å². The van der Waals surface area contributed by atoms with Gasteiger partial charge < -0.3 is 14.8 Å². The summed E-state index contributed by atoms with van der Waals surface area (Å²) in [5.41, 5.74) is 0.344. The molecule has 1 aromatic carbocycles. The van der Waals surface area contributed by atoms with Gasteiger partial charge in [-0.2, -0.15) is 0 Å². The third-order valence-electron chi connectivity index (χ3n) is 4.29. The van der Waals surface area contributed by atoms with Crippen molar-refractivity contribution in [2.45, 2.75) is 58.6 Å². The van der Waals surface area contributed by atoms with E-state index in [-0.39, 0.29) is 6.10 Å². The molecule has 0 amide bonds. The van der Waals surface area contributed by atoms with E-state index >= 15 is 0 Å². The quantitative estimate of drug-likeness (QED) is 0.858. The molecule has 0 heterocycles. The number of hydrogen-bond acceptors (Lipinski definition) is 3. The lowest BCUT2D eigenvalue weighted by Crippen LogP contribution is -2.47. The van der Waals surface area contributed by atoms with Crippen LogP contribution in [-0.2, 0) is 0 Å². The zero-order chi connectivity index (χ0) is 15.3. The Morgan fingerprint density at radius 1 is 1.24 bits per heavy atom. The average Bonchev–Trinajstić information content (AvgIpc) is 2.46. The maximum absolute atomic E-state index is 6.34. The predicted octanol–water partition coefficient (Wildman–Crippen LogP) is 4.02. The van der Waals surface area contributed by atoms with Gasteiger partial charge in [-0.15, -0.1) is 0 Å². The number of hydrogen-bond donors (Lipinski definition) is 1. The molecule has 0 aliphatic heterocycles. The van der Waals surface area contributed by atoms with E-state index in [1.807, 2.05) is 31.3 Å². The molecule has 2 atom stereocenters. The number of rotatable bonds is 6. The molecule has 3 heteroatoms. The summed E-state index contributed by atoms with van der Waals surface area (Å²) in [4.78, 5) is 0. The number of para-hydroxylation sites is 2. The zero-order valence-corrected chi connectivity index (χ0v) is 13.8. The molecule has 1 aliphatic carbocycles. The smallest absolute Gasteiger partial charge is 0.161 e. The Hall–Kier alpha value is -1.22. The van der Waals surface area contributed by atoms with Gasteiger partial charge in [-0.3, -0.25) is 0 Å². The molecule has 0 saturated heterocycles. The summed E-state index contributed by atoms with van der Waals surface area (Å²) in [6.45, 7) is 7.50. The fourth-order valence-corrected chi connectivity index (χ4v) is 3.02. The van der Waals surface area contributed by atoms with Crippen LogP contribution < -0.4 is 14.8 Å². The molecular formula is C18H29NO2. The Morgan fingerprint density at radius 3 is 2.62 bits per heavy atom. The molecule has 118 valence electrons. The Balaban J connectivity index is 2.11. The second-order valence-electron chi connectivity index (χ2n) is 6.75. The van der Waals surface area contributed by atoms with Crippen LogP contribution in [0.3, 0.4) is 0 Å². The van der Waals surface area contributed by atoms with Crippen LogP contribution in [0.15, 0.2) is 24.3 Å². The topological polar surface area (TPSA) is 30.5 Å². The third-order valence-corrected chi connectivity index (χ3v) is 4.29. The zero-order valence-electron chi connectivity index (χ0n) is 13.8. The fraction of sp³-hybridized carbons (Fsp3) is 0.667. The van der Waals surface area contributed by atoms with Crippen molar-refractivity contribution in [1.82, 2.24) is 5.32 Å². The molecule has 21 heavy (non-hydrogen) atoms. The van der Waals surface area contributed by atoms with Gasteiger partial charge in [-0.05, 0) is 50.3 Å². The highest BCUT2D eigenvalue weighted by Crippen LogP contribution is 2.38. The lowest BCUT2D eigenvalue weighted by Gasteiger charge is -2.40. The van der Waals surface area contributed by atoms with E-state index in [2.05, 4.69) is 26.1 Å². The average molecular weight is 291 g/mol. The maximum atomic E-state index is 6.34. The molecule has 1 saturated carbocycles. The highest BCUT2D eigenvalue weighted by Gasteiger charge is 2.35. The first-order chi connectivity index (χ1) is 10.1. The van der Waals surface area contributed by atoms with Crippen LogP contribution in [0.2, 0.25) is 0 Å². The Bertz CT molecular complexity index is 445. The summed E-state index contributed by atoms with van der Waals surface area (Å²) in [7, 11) is 2.03. The molecule has 1 N–H and O–H groups in total. The van der Waals surface area contributed by atoms with Crippen LogP contribution in [-0.4, -0.2) is 25.8 Å². The summed E-state index contributed by atoms with van der Waals surface area (Å²) in [6.07, 6.45) is 4.67. The first-order valence-corrected chi connectivity index (χ1v) is 8.11. The molecule has 1 fully saturated rings. The second kappa shape index (κ2) is 7.17. The summed E-state index contributed by atoms with van der Waals surface area (Å²) < 4.78 is 12.1. The van der Waals surface area contributed by atoms with Gasteiger partial charge >= 0.3 is 0 Å². The van der Waals surface area contributed by atoms with Gasteiger partial charge in [-0.1, -0.05) is 32.9 Å². The third kappa shape index (κ3) is 4.37. The molecule has 3 nitrogen and oxygen atoms in total. The number of ether oxygens (including phenoxy) is 2. The molecule has 1 aliphatic rings. The maximum Gasteiger partial charge on any atom is 0.161 e. The van der Waals surface area contributed by atoms with Crippen molar-refractivity contribution < 1.29 is 9.47 Å². The summed E-state index contributed by atoms with van der Waals surface area (Å²) >= 11 is 0. The van der Waals surface area contributed by atoms with Crippen molar-refractivity contribution in [3.63, 3.8) is 0 Å². The first kappa shape index (κ1) is 16.2. The predicted molar refractivity (Wildman–Crippen MR) is 87.1 cm³/mol. The molecule has 2 unspecified atom stereocenters. The van der Waals surface area contributed by atoms with Crippen molar-refractivity contribution in [3.05, 3.63) is 24.3 Å². The molecular weight excluding hydrogens is 262 g/mol. The molecule has 0 bridgehead atoms.